The molecule has 1 amide bonds. The Morgan fingerprint density at radius 3 is 2.77 bits per heavy atom. The summed E-state index contributed by atoms with van der Waals surface area (Å²) in [5, 5.41) is 3.85. The number of carbonyl (C=O) groups is 2. The van der Waals surface area contributed by atoms with Crippen LogP contribution in [0.15, 0.2) is 36.4 Å². The SMILES string of the molecule is Cc1cc(OCC(=O)CC23CC(NC(=O)c4cccc5nsnc45)(C2)C3)ccc1Cl. The molecule has 1 N–H and O–H groups in total. The van der Waals surface area contributed by atoms with E-state index < -0.39 is 0 Å². The lowest BCUT2D eigenvalue weighted by molar-refractivity contribution is -0.162. The molecule has 30 heavy (non-hydrogen) atoms. The Hall–Kier alpha value is -2.51. The smallest absolute Gasteiger partial charge is 0.254 e. The molecule has 2 bridgehead atoms. The lowest BCUT2D eigenvalue weighted by Gasteiger charge is -2.70. The summed E-state index contributed by atoms with van der Waals surface area (Å²) in [6.07, 6.45) is 3.00. The van der Waals surface area contributed by atoms with E-state index in [0.717, 1.165) is 42.1 Å². The number of nitrogens with zero attached hydrogens (tertiary/aromatic N) is 2. The molecule has 0 atom stereocenters. The summed E-state index contributed by atoms with van der Waals surface area (Å²) >= 11 is 7.12. The Labute approximate surface area is 182 Å². The van der Waals surface area contributed by atoms with Gasteiger partial charge >= 0.3 is 0 Å². The minimum atomic E-state index is -0.183. The second-order valence-electron chi connectivity index (χ2n) is 8.62. The molecule has 3 fully saturated rings. The first kappa shape index (κ1) is 19.5. The maximum absolute atomic E-state index is 12.8. The first-order chi connectivity index (χ1) is 14.4. The van der Waals surface area contributed by atoms with Crippen molar-refractivity contribution in [3.63, 3.8) is 0 Å². The molecule has 2 aromatic carbocycles. The molecule has 3 aliphatic rings. The molecule has 1 heterocycles. The van der Waals surface area contributed by atoms with E-state index in [9.17, 15) is 9.59 Å². The number of Topliss-reactive ketones (excluding diaryl/α,β-unsaturated/α-hetero) is 1. The van der Waals surface area contributed by atoms with Gasteiger partial charge in [0.15, 0.2) is 5.78 Å². The van der Waals surface area contributed by atoms with Crippen LogP contribution in [0.25, 0.3) is 11.0 Å². The molecule has 3 aromatic rings. The van der Waals surface area contributed by atoms with Crippen LogP contribution in [-0.4, -0.2) is 32.6 Å². The van der Waals surface area contributed by atoms with Gasteiger partial charge in [-0.2, -0.15) is 8.75 Å². The summed E-state index contributed by atoms with van der Waals surface area (Å²) < 4.78 is 14.1. The average Bonchev–Trinajstić information content (AvgIpc) is 3.15. The van der Waals surface area contributed by atoms with E-state index in [-0.39, 0.29) is 29.3 Å². The van der Waals surface area contributed by atoms with Gasteiger partial charge in [0, 0.05) is 17.0 Å². The normalized spacial score (nSPS) is 24.1. The van der Waals surface area contributed by atoms with Gasteiger partial charge in [0.25, 0.3) is 5.91 Å². The molecule has 154 valence electrons. The molecule has 8 heteroatoms. The largest absolute Gasteiger partial charge is 0.486 e. The van der Waals surface area contributed by atoms with Crippen molar-refractivity contribution in [2.24, 2.45) is 5.41 Å². The van der Waals surface area contributed by atoms with Crippen LogP contribution in [0, 0.1) is 12.3 Å². The van der Waals surface area contributed by atoms with Gasteiger partial charge in [-0.25, -0.2) is 0 Å². The summed E-state index contributed by atoms with van der Waals surface area (Å²) in [6, 6.07) is 10.8. The number of benzene rings is 2. The van der Waals surface area contributed by atoms with E-state index in [0.29, 0.717) is 28.3 Å². The third-order valence-electron chi connectivity index (χ3n) is 6.15. The second kappa shape index (κ2) is 7.03. The zero-order chi connectivity index (χ0) is 20.9. The van der Waals surface area contributed by atoms with Crippen molar-refractivity contribution < 1.29 is 14.3 Å². The van der Waals surface area contributed by atoms with Crippen molar-refractivity contribution in [3.05, 3.63) is 52.5 Å². The number of hydrogen-bond donors (Lipinski definition) is 1. The van der Waals surface area contributed by atoms with E-state index in [1.165, 1.54) is 0 Å². The van der Waals surface area contributed by atoms with E-state index in [4.69, 9.17) is 16.3 Å². The molecule has 3 aliphatic carbocycles. The first-order valence-electron chi connectivity index (χ1n) is 9.82. The Balaban J connectivity index is 1.13. The average molecular weight is 442 g/mol. The van der Waals surface area contributed by atoms with Crippen LogP contribution in [0.2, 0.25) is 5.02 Å². The number of aromatic nitrogens is 2. The van der Waals surface area contributed by atoms with Gasteiger partial charge in [-0.3, -0.25) is 9.59 Å². The number of carbonyl (C=O) groups excluding carboxylic acids is 2. The molecular weight excluding hydrogens is 422 g/mol. The van der Waals surface area contributed by atoms with Crippen LogP contribution >= 0.6 is 23.3 Å². The van der Waals surface area contributed by atoms with Crippen molar-refractivity contribution in [3.8, 4) is 5.75 Å². The zero-order valence-corrected chi connectivity index (χ0v) is 18.0. The molecule has 6 nitrogen and oxygen atoms in total. The Morgan fingerprint density at radius 1 is 1.20 bits per heavy atom. The molecule has 3 saturated carbocycles. The summed E-state index contributed by atoms with van der Waals surface area (Å²) in [5.41, 5.74) is 2.69. The van der Waals surface area contributed by atoms with Gasteiger partial charge < -0.3 is 10.1 Å². The Bertz CT molecular complexity index is 1160. The molecule has 0 radical (unpaired) electrons. The van der Waals surface area contributed by atoms with Crippen LogP contribution in [0.3, 0.4) is 0 Å². The zero-order valence-electron chi connectivity index (χ0n) is 16.4. The lowest BCUT2D eigenvalue weighted by Crippen LogP contribution is -2.75. The highest BCUT2D eigenvalue weighted by Crippen LogP contribution is 2.69. The van der Waals surface area contributed by atoms with E-state index >= 15 is 0 Å². The number of nitrogens with one attached hydrogen (secondary N) is 1. The van der Waals surface area contributed by atoms with Crippen molar-refractivity contribution in [1.82, 2.24) is 14.1 Å². The van der Waals surface area contributed by atoms with Gasteiger partial charge in [0.1, 0.15) is 23.4 Å². The predicted octanol–water partition coefficient (Wildman–Crippen LogP) is 4.34. The Kier molecular flexibility index (Phi) is 4.56. The van der Waals surface area contributed by atoms with Crippen LogP contribution in [0.5, 0.6) is 5.75 Å². The van der Waals surface area contributed by atoms with Gasteiger partial charge in [0.05, 0.1) is 17.3 Å². The fraction of sp³-hybridized carbons (Fsp3) is 0.364. The van der Waals surface area contributed by atoms with Gasteiger partial charge in [-0.15, -0.1) is 0 Å². The molecule has 6 rings (SSSR count). The van der Waals surface area contributed by atoms with Crippen LogP contribution in [0.4, 0.5) is 0 Å². The number of hydrogen-bond acceptors (Lipinski definition) is 6. The van der Waals surface area contributed by atoms with E-state index in [2.05, 4.69) is 14.1 Å². The summed E-state index contributed by atoms with van der Waals surface area (Å²) in [7, 11) is 0. The van der Waals surface area contributed by atoms with Gasteiger partial charge in [0.2, 0.25) is 0 Å². The number of rotatable bonds is 7. The maximum atomic E-state index is 12.8. The van der Waals surface area contributed by atoms with Crippen molar-refractivity contribution >= 4 is 46.1 Å². The highest BCUT2D eigenvalue weighted by atomic mass is 35.5. The highest BCUT2D eigenvalue weighted by molar-refractivity contribution is 7.00. The molecule has 0 spiro atoms. The van der Waals surface area contributed by atoms with Crippen LogP contribution in [0.1, 0.15) is 41.6 Å². The summed E-state index contributed by atoms with van der Waals surface area (Å²) in [6.45, 7) is 1.96. The van der Waals surface area contributed by atoms with Crippen molar-refractivity contribution in [1.29, 1.82) is 0 Å². The minimum absolute atomic E-state index is 0.0117. The van der Waals surface area contributed by atoms with E-state index in [1.54, 1.807) is 18.2 Å². The maximum Gasteiger partial charge on any atom is 0.254 e. The first-order valence-corrected chi connectivity index (χ1v) is 10.9. The van der Waals surface area contributed by atoms with Crippen molar-refractivity contribution in [2.45, 2.75) is 38.1 Å². The van der Waals surface area contributed by atoms with Crippen molar-refractivity contribution in [2.75, 3.05) is 6.61 Å². The number of amides is 1. The summed E-state index contributed by atoms with van der Waals surface area (Å²) in [5.74, 6) is 0.618. The molecule has 0 unspecified atom stereocenters. The third-order valence-corrected chi connectivity index (χ3v) is 7.12. The second-order valence-corrected chi connectivity index (χ2v) is 9.55. The number of ketones is 1. The van der Waals surface area contributed by atoms with Gasteiger partial charge in [-0.05, 0) is 67.5 Å². The summed E-state index contributed by atoms with van der Waals surface area (Å²) in [4.78, 5) is 25.2. The topological polar surface area (TPSA) is 81.2 Å². The number of halogens is 1. The number of fused-ring (bicyclic) bond motifs is 1. The predicted molar refractivity (Wildman–Crippen MR) is 115 cm³/mol. The van der Waals surface area contributed by atoms with E-state index in [1.807, 2.05) is 25.1 Å². The fourth-order valence-corrected chi connectivity index (χ4v) is 5.62. The molecule has 1 aromatic heterocycles. The van der Waals surface area contributed by atoms with Gasteiger partial charge in [-0.1, -0.05) is 17.7 Å². The Morgan fingerprint density at radius 2 is 2.00 bits per heavy atom. The number of aryl methyl sites for hydroxylation is 1. The lowest BCUT2D eigenvalue weighted by atomic mass is 9.38. The molecule has 0 saturated heterocycles. The standard InChI is InChI=1S/C22H20ClN3O3S/c1-13-7-15(5-6-17(13)23)29-9-14(27)8-21-10-22(11-21,12-21)24-20(28)16-3-2-4-18-19(16)26-30-25-18/h2-7H,8-12H2,1H3,(H,24,28). The monoisotopic (exact) mass is 441 g/mol. The highest BCUT2D eigenvalue weighted by Gasteiger charge is 2.68. The van der Waals surface area contributed by atoms with Crippen LogP contribution < -0.4 is 10.1 Å². The minimum Gasteiger partial charge on any atom is -0.486 e. The fourth-order valence-electron chi connectivity index (χ4n) is 4.96. The third kappa shape index (κ3) is 3.36. The molecule has 0 aliphatic heterocycles. The number of ether oxygens (including phenoxy) is 1. The quantitative estimate of drug-likeness (QED) is 0.589. The van der Waals surface area contributed by atoms with Crippen LogP contribution in [-0.2, 0) is 4.79 Å². The molecular formula is C22H20ClN3O3S.